The van der Waals surface area contributed by atoms with Gasteiger partial charge in [0.1, 0.15) is 5.82 Å². The molecule has 0 atom stereocenters. The Hall–Kier alpha value is -1.35. The van der Waals surface area contributed by atoms with E-state index < -0.39 is 0 Å². The molecule has 0 saturated carbocycles. The molecule has 0 aliphatic rings. The predicted octanol–water partition coefficient (Wildman–Crippen LogP) is 4.00. The van der Waals surface area contributed by atoms with Gasteiger partial charge in [0.05, 0.1) is 0 Å². The van der Waals surface area contributed by atoms with E-state index in [0.717, 1.165) is 24.2 Å². The summed E-state index contributed by atoms with van der Waals surface area (Å²) in [6.07, 6.45) is 1.86. The molecule has 0 radical (unpaired) electrons. The van der Waals surface area contributed by atoms with Crippen LogP contribution in [-0.4, -0.2) is 11.5 Å². The minimum Gasteiger partial charge on any atom is -0.352 e. The van der Waals surface area contributed by atoms with Crippen LogP contribution in [-0.2, 0) is 11.9 Å². The van der Waals surface area contributed by atoms with Crippen molar-refractivity contribution in [1.29, 1.82) is 0 Å². The van der Waals surface area contributed by atoms with Gasteiger partial charge in [0, 0.05) is 30.2 Å². The largest absolute Gasteiger partial charge is 0.352 e. The number of nitrogens with zero attached hydrogens (tertiary/aromatic N) is 2. The van der Waals surface area contributed by atoms with Gasteiger partial charge in [0.15, 0.2) is 0 Å². The van der Waals surface area contributed by atoms with Crippen LogP contribution in [0.2, 0.25) is 0 Å². The SMILES string of the molecule is CCN(Cc1ccccc1)c1ncccc1CBr. The predicted molar refractivity (Wildman–Crippen MR) is 80.0 cm³/mol. The van der Waals surface area contributed by atoms with Crippen LogP contribution in [0.25, 0.3) is 0 Å². The van der Waals surface area contributed by atoms with Crippen LogP contribution >= 0.6 is 15.9 Å². The number of halogens is 1. The summed E-state index contributed by atoms with van der Waals surface area (Å²) >= 11 is 3.52. The van der Waals surface area contributed by atoms with E-state index in [-0.39, 0.29) is 0 Å². The zero-order valence-corrected chi connectivity index (χ0v) is 12.1. The van der Waals surface area contributed by atoms with Gasteiger partial charge in [0.25, 0.3) is 0 Å². The molecule has 2 rings (SSSR count). The van der Waals surface area contributed by atoms with Crippen molar-refractivity contribution < 1.29 is 0 Å². The molecule has 1 heterocycles. The zero-order chi connectivity index (χ0) is 12.8. The maximum atomic E-state index is 4.51. The summed E-state index contributed by atoms with van der Waals surface area (Å²) in [5, 5.41) is 0.835. The molecule has 0 spiro atoms. The van der Waals surface area contributed by atoms with E-state index in [0.29, 0.717) is 0 Å². The number of anilines is 1. The summed E-state index contributed by atoms with van der Waals surface area (Å²) < 4.78 is 0. The lowest BCUT2D eigenvalue weighted by Gasteiger charge is -2.24. The van der Waals surface area contributed by atoms with E-state index in [1.165, 1.54) is 11.1 Å². The van der Waals surface area contributed by atoms with E-state index in [9.17, 15) is 0 Å². The average Bonchev–Trinajstić information content (AvgIpc) is 2.46. The topological polar surface area (TPSA) is 16.1 Å². The summed E-state index contributed by atoms with van der Waals surface area (Å²) in [5.41, 5.74) is 2.54. The van der Waals surface area contributed by atoms with Crippen molar-refractivity contribution in [3.05, 3.63) is 59.8 Å². The number of rotatable bonds is 5. The van der Waals surface area contributed by atoms with E-state index in [1.54, 1.807) is 0 Å². The lowest BCUT2D eigenvalue weighted by atomic mass is 10.2. The van der Waals surface area contributed by atoms with Gasteiger partial charge < -0.3 is 4.90 Å². The molecule has 1 aromatic heterocycles. The molecule has 2 aromatic rings. The second kappa shape index (κ2) is 6.55. The Morgan fingerprint density at radius 3 is 2.56 bits per heavy atom. The first kappa shape index (κ1) is 13.1. The first-order chi connectivity index (χ1) is 8.85. The van der Waals surface area contributed by atoms with Crippen LogP contribution in [0.15, 0.2) is 48.7 Å². The van der Waals surface area contributed by atoms with Gasteiger partial charge in [-0.1, -0.05) is 52.3 Å². The van der Waals surface area contributed by atoms with Gasteiger partial charge in [-0.05, 0) is 18.6 Å². The van der Waals surface area contributed by atoms with Crippen LogP contribution in [0, 0.1) is 0 Å². The molecule has 1 aromatic carbocycles. The Labute approximate surface area is 117 Å². The number of benzene rings is 1. The Bertz CT molecular complexity index is 485. The van der Waals surface area contributed by atoms with E-state index in [2.05, 4.69) is 63.1 Å². The molecular formula is C15H17BrN2. The fourth-order valence-electron chi connectivity index (χ4n) is 1.96. The fourth-order valence-corrected chi connectivity index (χ4v) is 2.40. The molecule has 18 heavy (non-hydrogen) atoms. The van der Waals surface area contributed by atoms with Crippen molar-refractivity contribution in [1.82, 2.24) is 4.98 Å². The quantitative estimate of drug-likeness (QED) is 0.776. The molecule has 0 amide bonds. The third kappa shape index (κ3) is 3.10. The van der Waals surface area contributed by atoms with Crippen molar-refractivity contribution >= 4 is 21.7 Å². The van der Waals surface area contributed by atoms with Crippen LogP contribution < -0.4 is 4.90 Å². The molecule has 0 fully saturated rings. The van der Waals surface area contributed by atoms with Crippen molar-refractivity contribution in [2.45, 2.75) is 18.8 Å². The molecule has 0 bridgehead atoms. The smallest absolute Gasteiger partial charge is 0.132 e. The van der Waals surface area contributed by atoms with Crippen molar-refractivity contribution in [2.24, 2.45) is 0 Å². The summed E-state index contributed by atoms with van der Waals surface area (Å²) in [6.45, 7) is 4.01. The standard InChI is InChI=1S/C15H17BrN2/c1-2-18(12-13-7-4-3-5-8-13)15-14(11-16)9-6-10-17-15/h3-10H,2,11-12H2,1H3. The molecule has 0 N–H and O–H groups in total. The lowest BCUT2D eigenvalue weighted by Crippen LogP contribution is -2.24. The fraction of sp³-hybridized carbons (Fsp3) is 0.267. The molecule has 2 nitrogen and oxygen atoms in total. The van der Waals surface area contributed by atoms with Gasteiger partial charge >= 0.3 is 0 Å². The highest BCUT2D eigenvalue weighted by atomic mass is 79.9. The van der Waals surface area contributed by atoms with E-state index >= 15 is 0 Å². The summed E-state index contributed by atoms with van der Waals surface area (Å²) in [4.78, 5) is 6.81. The zero-order valence-electron chi connectivity index (χ0n) is 10.5. The van der Waals surface area contributed by atoms with Gasteiger partial charge in [-0.15, -0.1) is 0 Å². The maximum absolute atomic E-state index is 4.51. The number of hydrogen-bond acceptors (Lipinski definition) is 2. The number of aromatic nitrogens is 1. The van der Waals surface area contributed by atoms with Crippen LogP contribution in [0.3, 0.4) is 0 Å². The van der Waals surface area contributed by atoms with Crippen LogP contribution in [0.1, 0.15) is 18.1 Å². The third-order valence-electron chi connectivity index (χ3n) is 2.91. The summed E-state index contributed by atoms with van der Waals surface area (Å²) in [6, 6.07) is 14.6. The Morgan fingerprint density at radius 1 is 1.11 bits per heavy atom. The van der Waals surface area contributed by atoms with Gasteiger partial charge in [-0.25, -0.2) is 4.98 Å². The Kier molecular flexibility index (Phi) is 4.76. The lowest BCUT2D eigenvalue weighted by molar-refractivity contribution is 0.808. The highest BCUT2D eigenvalue weighted by Gasteiger charge is 2.10. The normalized spacial score (nSPS) is 10.3. The van der Waals surface area contributed by atoms with Gasteiger partial charge in [-0.3, -0.25) is 0 Å². The molecule has 0 unspecified atom stereocenters. The number of hydrogen-bond donors (Lipinski definition) is 0. The Balaban J connectivity index is 2.23. The monoisotopic (exact) mass is 304 g/mol. The highest BCUT2D eigenvalue weighted by molar-refractivity contribution is 9.08. The van der Waals surface area contributed by atoms with Crippen LogP contribution in [0.4, 0.5) is 5.82 Å². The number of pyridine rings is 1. The van der Waals surface area contributed by atoms with Crippen molar-refractivity contribution in [2.75, 3.05) is 11.4 Å². The molecule has 0 aliphatic heterocycles. The number of alkyl halides is 1. The average molecular weight is 305 g/mol. The molecular weight excluding hydrogens is 288 g/mol. The van der Waals surface area contributed by atoms with E-state index in [4.69, 9.17) is 0 Å². The second-order valence-electron chi connectivity index (χ2n) is 4.12. The summed E-state index contributed by atoms with van der Waals surface area (Å²) in [7, 11) is 0. The molecule has 3 heteroatoms. The second-order valence-corrected chi connectivity index (χ2v) is 4.68. The first-order valence-corrected chi connectivity index (χ1v) is 7.26. The van der Waals surface area contributed by atoms with Crippen LogP contribution in [0.5, 0.6) is 0 Å². The first-order valence-electron chi connectivity index (χ1n) is 6.14. The van der Waals surface area contributed by atoms with Crippen molar-refractivity contribution in [3.63, 3.8) is 0 Å². The Morgan fingerprint density at radius 2 is 1.89 bits per heavy atom. The van der Waals surface area contributed by atoms with Gasteiger partial charge in [0.2, 0.25) is 0 Å². The van der Waals surface area contributed by atoms with Crippen molar-refractivity contribution in [3.8, 4) is 0 Å². The molecule has 0 saturated heterocycles. The molecule has 94 valence electrons. The third-order valence-corrected chi connectivity index (χ3v) is 3.51. The van der Waals surface area contributed by atoms with Gasteiger partial charge in [-0.2, -0.15) is 0 Å². The highest BCUT2D eigenvalue weighted by Crippen LogP contribution is 2.21. The summed E-state index contributed by atoms with van der Waals surface area (Å²) in [5.74, 6) is 1.07. The van der Waals surface area contributed by atoms with E-state index in [1.807, 2.05) is 18.3 Å². The minimum atomic E-state index is 0.835. The molecule has 0 aliphatic carbocycles. The maximum Gasteiger partial charge on any atom is 0.132 e. The minimum absolute atomic E-state index is 0.835.